The van der Waals surface area contributed by atoms with Crippen molar-refractivity contribution in [2.45, 2.75) is 24.5 Å². The van der Waals surface area contributed by atoms with Crippen LogP contribution in [0.3, 0.4) is 0 Å². The number of carbonyl (C=O) groups excluding carboxylic acids is 1. The lowest BCUT2D eigenvalue weighted by Crippen LogP contribution is -2.48. The van der Waals surface area contributed by atoms with Crippen molar-refractivity contribution in [3.63, 3.8) is 0 Å². The fraction of sp³-hybridized carbons (Fsp3) is 0.318. The Hall–Kier alpha value is -3.49. The SMILES string of the molecule is CC(=O)Nc1ccc(S(=O)(=O)N2CCN(Cc3ccccc3C(F)(F)F)CC2)cc1.O=C(O)C(=O)O. The van der Waals surface area contributed by atoms with E-state index in [1.54, 1.807) is 6.07 Å². The van der Waals surface area contributed by atoms with Gasteiger partial charge in [-0.1, -0.05) is 18.2 Å². The van der Waals surface area contributed by atoms with E-state index in [1.807, 2.05) is 4.90 Å². The van der Waals surface area contributed by atoms with Crippen LogP contribution < -0.4 is 5.32 Å². The highest BCUT2D eigenvalue weighted by Gasteiger charge is 2.34. The van der Waals surface area contributed by atoms with Crippen molar-refractivity contribution in [1.29, 1.82) is 0 Å². The van der Waals surface area contributed by atoms with E-state index in [-0.39, 0.29) is 36.0 Å². The van der Waals surface area contributed by atoms with Gasteiger partial charge in [-0.25, -0.2) is 18.0 Å². The van der Waals surface area contributed by atoms with Crippen LogP contribution in [0.15, 0.2) is 53.4 Å². The van der Waals surface area contributed by atoms with E-state index in [0.717, 1.165) is 6.07 Å². The Kier molecular flexibility index (Phi) is 9.55. The van der Waals surface area contributed by atoms with Crippen LogP contribution in [0.4, 0.5) is 18.9 Å². The van der Waals surface area contributed by atoms with Crippen LogP contribution in [0.1, 0.15) is 18.1 Å². The van der Waals surface area contributed by atoms with E-state index in [1.165, 1.54) is 47.6 Å². The number of halogens is 3. The highest BCUT2D eigenvalue weighted by atomic mass is 32.2. The van der Waals surface area contributed by atoms with Gasteiger partial charge < -0.3 is 15.5 Å². The van der Waals surface area contributed by atoms with Crippen LogP contribution in [0.2, 0.25) is 0 Å². The predicted octanol–water partition coefficient (Wildman–Crippen LogP) is 2.33. The summed E-state index contributed by atoms with van der Waals surface area (Å²) in [7, 11) is -3.72. The molecule has 1 amide bonds. The quantitative estimate of drug-likeness (QED) is 0.499. The summed E-state index contributed by atoms with van der Waals surface area (Å²) in [6.07, 6.45) is -4.43. The van der Waals surface area contributed by atoms with Gasteiger partial charge in [-0.2, -0.15) is 17.5 Å². The summed E-state index contributed by atoms with van der Waals surface area (Å²) in [5, 5.41) is 17.4. The molecule has 1 aliphatic rings. The van der Waals surface area contributed by atoms with Gasteiger partial charge in [0.05, 0.1) is 10.5 Å². The highest BCUT2D eigenvalue weighted by molar-refractivity contribution is 7.89. The Morgan fingerprint density at radius 2 is 1.44 bits per heavy atom. The second-order valence-electron chi connectivity index (χ2n) is 7.65. The topological polar surface area (TPSA) is 144 Å². The Morgan fingerprint density at radius 3 is 1.92 bits per heavy atom. The fourth-order valence-electron chi connectivity index (χ4n) is 3.37. The summed E-state index contributed by atoms with van der Waals surface area (Å²) in [5.74, 6) is -3.90. The molecular weight excluding hydrogens is 507 g/mol. The number of amides is 1. The molecule has 1 aliphatic heterocycles. The van der Waals surface area contributed by atoms with Gasteiger partial charge in [-0.15, -0.1) is 0 Å². The molecule has 2 aromatic rings. The van der Waals surface area contributed by atoms with Crippen LogP contribution >= 0.6 is 0 Å². The molecule has 10 nitrogen and oxygen atoms in total. The largest absolute Gasteiger partial charge is 0.473 e. The van der Waals surface area contributed by atoms with Crippen molar-refractivity contribution < 1.29 is 46.2 Å². The third kappa shape index (κ3) is 8.03. The molecule has 0 radical (unpaired) electrons. The molecule has 0 aliphatic carbocycles. The third-order valence-electron chi connectivity index (χ3n) is 5.04. The summed E-state index contributed by atoms with van der Waals surface area (Å²) < 4.78 is 66.5. The summed E-state index contributed by atoms with van der Waals surface area (Å²) in [4.78, 5) is 31.2. The molecule has 14 heteroatoms. The number of benzene rings is 2. The minimum Gasteiger partial charge on any atom is -0.473 e. The Morgan fingerprint density at radius 1 is 0.917 bits per heavy atom. The molecule has 2 aromatic carbocycles. The highest BCUT2D eigenvalue weighted by Crippen LogP contribution is 2.32. The number of hydrogen-bond donors (Lipinski definition) is 3. The number of nitrogens with zero attached hydrogens (tertiary/aromatic N) is 2. The van der Waals surface area contributed by atoms with Gasteiger partial charge in [0.25, 0.3) is 0 Å². The number of hydrogen-bond acceptors (Lipinski definition) is 6. The smallest absolute Gasteiger partial charge is 0.416 e. The van der Waals surface area contributed by atoms with Crippen molar-refractivity contribution in [2.75, 3.05) is 31.5 Å². The number of rotatable bonds is 5. The summed E-state index contributed by atoms with van der Waals surface area (Å²) in [6.45, 7) is 2.49. The number of anilines is 1. The van der Waals surface area contributed by atoms with E-state index >= 15 is 0 Å². The molecule has 196 valence electrons. The maximum Gasteiger partial charge on any atom is 0.416 e. The lowest BCUT2D eigenvalue weighted by atomic mass is 10.1. The molecule has 0 bridgehead atoms. The number of alkyl halides is 3. The minimum atomic E-state index is -4.43. The van der Waals surface area contributed by atoms with Crippen molar-refractivity contribution >= 4 is 33.6 Å². The van der Waals surface area contributed by atoms with Crippen LogP contribution in [0.25, 0.3) is 0 Å². The van der Waals surface area contributed by atoms with Gasteiger partial charge in [0, 0.05) is 45.3 Å². The Balaban J connectivity index is 0.000000678. The number of carboxylic acid groups (broad SMARTS) is 2. The van der Waals surface area contributed by atoms with E-state index in [0.29, 0.717) is 18.8 Å². The fourth-order valence-corrected chi connectivity index (χ4v) is 4.79. The Labute approximate surface area is 205 Å². The average molecular weight is 532 g/mol. The zero-order chi connectivity index (χ0) is 27.1. The lowest BCUT2D eigenvalue weighted by molar-refractivity contribution is -0.159. The monoisotopic (exact) mass is 531 g/mol. The first kappa shape index (κ1) is 28.7. The molecule has 1 heterocycles. The molecule has 0 saturated carbocycles. The molecule has 1 saturated heterocycles. The molecule has 3 rings (SSSR count). The maximum atomic E-state index is 13.2. The van der Waals surface area contributed by atoms with E-state index in [4.69, 9.17) is 19.8 Å². The molecule has 36 heavy (non-hydrogen) atoms. The molecule has 0 spiro atoms. The maximum absolute atomic E-state index is 13.2. The first-order valence-electron chi connectivity index (χ1n) is 10.4. The van der Waals surface area contributed by atoms with Crippen molar-refractivity contribution in [3.8, 4) is 0 Å². The second kappa shape index (κ2) is 12.0. The van der Waals surface area contributed by atoms with Gasteiger partial charge >= 0.3 is 18.1 Å². The zero-order valence-electron chi connectivity index (χ0n) is 19.0. The number of aliphatic carboxylic acids is 2. The zero-order valence-corrected chi connectivity index (χ0v) is 19.8. The third-order valence-corrected chi connectivity index (χ3v) is 6.96. The molecule has 0 aromatic heterocycles. The standard InChI is InChI=1S/C20H22F3N3O3S.C2H2O4/c1-15(27)24-17-6-8-18(9-7-17)30(28,29)26-12-10-25(11-13-26)14-16-4-2-3-5-19(16)20(21,22)23;3-1(4)2(5)6/h2-9H,10-14H2,1H3,(H,24,27);(H,3,4)(H,5,6). The number of carbonyl (C=O) groups is 3. The average Bonchev–Trinajstić information content (AvgIpc) is 2.79. The predicted molar refractivity (Wildman–Crippen MR) is 121 cm³/mol. The van der Waals surface area contributed by atoms with E-state index < -0.39 is 33.7 Å². The van der Waals surface area contributed by atoms with Crippen LogP contribution in [-0.4, -0.2) is 71.9 Å². The van der Waals surface area contributed by atoms with Gasteiger partial charge in [-0.05, 0) is 35.9 Å². The first-order valence-corrected chi connectivity index (χ1v) is 11.9. The van der Waals surface area contributed by atoms with Gasteiger partial charge in [0.15, 0.2) is 0 Å². The molecule has 1 fully saturated rings. The molecule has 3 N–H and O–H groups in total. The molecular formula is C22H24F3N3O7S. The van der Waals surface area contributed by atoms with Crippen molar-refractivity contribution in [1.82, 2.24) is 9.21 Å². The second-order valence-corrected chi connectivity index (χ2v) is 9.59. The van der Waals surface area contributed by atoms with Crippen LogP contribution in [0, 0.1) is 0 Å². The van der Waals surface area contributed by atoms with Crippen LogP contribution in [0.5, 0.6) is 0 Å². The summed E-state index contributed by atoms with van der Waals surface area (Å²) in [6, 6.07) is 11.3. The van der Waals surface area contributed by atoms with Crippen molar-refractivity contribution in [2.24, 2.45) is 0 Å². The number of nitrogens with one attached hydrogen (secondary N) is 1. The van der Waals surface area contributed by atoms with Crippen LogP contribution in [-0.2, 0) is 37.1 Å². The number of piperazine rings is 1. The molecule has 0 unspecified atom stereocenters. The Bertz CT molecular complexity index is 1180. The number of sulfonamides is 1. The van der Waals surface area contributed by atoms with Gasteiger partial charge in [0.1, 0.15) is 0 Å². The van der Waals surface area contributed by atoms with E-state index in [9.17, 15) is 26.4 Å². The first-order chi connectivity index (χ1) is 16.7. The van der Waals surface area contributed by atoms with Crippen molar-refractivity contribution in [3.05, 3.63) is 59.7 Å². The van der Waals surface area contributed by atoms with Gasteiger partial charge in [0.2, 0.25) is 15.9 Å². The number of carboxylic acids is 2. The molecule has 0 atom stereocenters. The van der Waals surface area contributed by atoms with Gasteiger partial charge in [-0.3, -0.25) is 9.69 Å². The lowest BCUT2D eigenvalue weighted by Gasteiger charge is -2.34. The van der Waals surface area contributed by atoms with E-state index in [2.05, 4.69) is 5.32 Å². The normalized spacial score (nSPS) is 14.9. The summed E-state index contributed by atoms with van der Waals surface area (Å²) in [5.41, 5.74) is 0.00350. The summed E-state index contributed by atoms with van der Waals surface area (Å²) >= 11 is 0. The minimum absolute atomic E-state index is 0.104.